The van der Waals surface area contributed by atoms with Gasteiger partial charge in [0.1, 0.15) is 6.26 Å². The molecule has 23 heavy (non-hydrogen) atoms. The molecule has 0 unspecified atom stereocenters. The van der Waals surface area contributed by atoms with Crippen LogP contribution < -0.4 is 0 Å². The lowest BCUT2D eigenvalue weighted by Gasteiger charge is -2.30. The van der Waals surface area contributed by atoms with Gasteiger partial charge in [-0.25, -0.2) is 4.98 Å². The van der Waals surface area contributed by atoms with Crippen molar-refractivity contribution in [1.82, 2.24) is 9.88 Å². The van der Waals surface area contributed by atoms with Crippen molar-refractivity contribution in [2.75, 3.05) is 7.05 Å². The Morgan fingerprint density at radius 2 is 1.96 bits per heavy atom. The number of hydrogen-bond acceptors (Lipinski definition) is 3. The molecule has 1 aromatic heterocycles. The summed E-state index contributed by atoms with van der Waals surface area (Å²) in [5.74, 6) is 0.260. The summed E-state index contributed by atoms with van der Waals surface area (Å²) in [4.78, 5) is 18.7. The molecule has 0 radical (unpaired) electrons. The van der Waals surface area contributed by atoms with E-state index in [1.165, 1.54) is 25.5 Å². The van der Waals surface area contributed by atoms with Crippen LogP contribution in [-0.4, -0.2) is 28.9 Å². The minimum Gasteiger partial charge on any atom is -0.444 e. The van der Waals surface area contributed by atoms with Gasteiger partial charge in [-0.3, -0.25) is 4.79 Å². The number of hydrogen-bond donors (Lipinski definition) is 0. The van der Waals surface area contributed by atoms with Gasteiger partial charge in [-0.1, -0.05) is 42.5 Å². The van der Waals surface area contributed by atoms with E-state index in [1.54, 1.807) is 23.1 Å². The van der Waals surface area contributed by atoms with E-state index < -0.39 is 0 Å². The number of benzene rings is 1. The molecule has 3 rings (SSSR count). The Bertz CT molecular complexity index is 708. The van der Waals surface area contributed by atoms with Crippen LogP contribution in [0.2, 0.25) is 10.0 Å². The highest BCUT2D eigenvalue weighted by Crippen LogP contribution is 2.28. The van der Waals surface area contributed by atoms with Crippen LogP contribution in [0.15, 0.2) is 28.9 Å². The number of nitrogens with zero attached hydrogens (tertiary/aromatic N) is 2. The summed E-state index contributed by atoms with van der Waals surface area (Å²) in [6, 6.07) is 5.41. The first-order valence-corrected chi connectivity index (χ1v) is 8.50. The Hall–Kier alpha value is -1.52. The van der Waals surface area contributed by atoms with Gasteiger partial charge >= 0.3 is 0 Å². The van der Waals surface area contributed by atoms with Crippen molar-refractivity contribution >= 4 is 29.1 Å². The maximum atomic E-state index is 12.6. The van der Waals surface area contributed by atoms with E-state index >= 15 is 0 Å². The first-order valence-electron chi connectivity index (χ1n) is 7.74. The molecule has 0 spiro atoms. The molecule has 2 aromatic rings. The minimum atomic E-state index is -0.105. The van der Waals surface area contributed by atoms with Crippen LogP contribution >= 0.6 is 23.2 Å². The van der Waals surface area contributed by atoms with Crippen LogP contribution in [0.5, 0.6) is 0 Å². The summed E-state index contributed by atoms with van der Waals surface area (Å²) in [5.41, 5.74) is 1.01. The van der Waals surface area contributed by atoms with Gasteiger partial charge < -0.3 is 9.32 Å². The smallest absolute Gasteiger partial charge is 0.275 e. The average molecular weight is 353 g/mol. The second-order valence-electron chi connectivity index (χ2n) is 5.87. The van der Waals surface area contributed by atoms with E-state index in [-0.39, 0.29) is 5.91 Å². The lowest BCUT2D eigenvalue weighted by Crippen LogP contribution is -2.38. The molecule has 122 valence electrons. The number of halogens is 2. The molecule has 1 amide bonds. The summed E-state index contributed by atoms with van der Waals surface area (Å²) in [5, 5.41) is 0.893. The lowest BCUT2D eigenvalue weighted by molar-refractivity contribution is 0.0690. The van der Waals surface area contributed by atoms with Gasteiger partial charge in [0, 0.05) is 18.7 Å². The summed E-state index contributed by atoms with van der Waals surface area (Å²) in [6.07, 6.45) is 7.12. The molecule has 1 aliphatic carbocycles. The predicted molar refractivity (Wildman–Crippen MR) is 90.9 cm³/mol. The second kappa shape index (κ2) is 6.93. The van der Waals surface area contributed by atoms with E-state index in [1.807, 2.05) is 7.05 Å². The Morgan fingerprint density at radius 1 is 1.22 bits per heavy atom. The fraction of sp³-hybridized carbons (Fsp3) is 0.412. The topological polar surface area (TPSA) is 46.3 Å². The van der Waals surface area contributed by atoms with Crippen molar-refractivity contribution < 1.29 is 9.21 Å². The SMILES string of the molecule is CN(C(=O)c1coc(-c2ccc(Cl)c(Cl)c2)n1)C1CCCCC1. The summed E-state index contributed by atoms with van der Waals surface area (Å²) in [6.45, 7) is 0. The Labute approximate surface area is 145 Å². The van der Waals surface area contributed by atoms with E-state index in [4.69, 9.17) is 27.6 Å². The van der Waals surface area contributed by atoms with Crippen molar-refractivity contribution in [3.8, 4) is 11.5 Å². The van der Waals surface area contributed by atoms with Crippen LogP contribution in [0.3, 0.4) is 0 Å². The standard InChI is InChI=1S/C17H18Cl2N2O2/c1-21(12-5-3-2-4-6-12)17(22)15-10-23-16(20-15)11-7-8-13(18)14(19)9-11/h7-10,12H,2-6H2,1H3. The van der Waals surface area contributed by atoms with Crippen molar-refractivity contribution in [3.63, 3.8) is 0 Å². The van der Waals surface area contributed by atoms with Crippen LogP contribution in [0.4, 0.5) is 0 Å². The van der Waals surface area contributed by atoms with Gasteiger partial charge in [0.05, 0.1) is 10.0 Å². The number of rotatable bonds is 3. The van der Waals surface area contributed by atoms with Crippen molar-refractivity contribution in [2.45, 2.75) is 38.1 Å². The van der Waals surface area contributed by atoms with Crippen molar-refractivity contribution in [1.29, 1.82) is 0 Å². The van der Waals surface area contributed by atoms with Gasteiger partial charge in [-0.15, -0.1) is 0 Å². The number of aromatic nitrogens is 1. The van der Waals surface area contributed by atoms with Crippen molar-refractivity contribution in [2.24, 2.45) is 0 Å². The molecule has 1 fully saturated rings. The summed E-state index contributed by atoms with van der Waals surface area (Å²) in [7, 11) is 1.84. The zero-order valence-electron chi connectivity index (χ0n) is 12.9. The molecular weight excluding hydrogens is 335 g/mol. The van der Waals surface area contributed by atoms with Gasteiger partial charge in [0.2, 0.25) is 5.89 Å². The molecule has 1 aliphatic rings. The first-order chi connectivity index (χ1) is 11.1. The highest BCUT2D eigenvalue weighted by Gasteiger charge is 2.25. The quantitative estimate of drug-likeness (QED) is 0.775. The number of carbonyl (C=O) groups excluding carboxylic acids is 1. The molecule has 1 heterocycles. The third-order valence-corrected chi connectivity index (χ3v) is 5.07. The van der Waals surface area contributed by atoms with Gasteiger partial charge in [0.15, 0.2) is 5.69 Å². The normalized spacial score (nSPS) is 15.6. The fourth-order valence-electron chi connectivity index (χ4n) is 2.95. The monoisotopic (exact) mass is 352 g/mol. The van der Waals surface area contributed by atoms with Crippen LogP contribution in [-0.2, 0) is 0 Å². The molecule has 1 aromatic carbocycles. The second-order valence-corrected chi connectivity index (χ2v) is 6.69. The van der Waals surface area contributed by atoms with Crippen LogP contribution in [0.25, 0.3) is 11.5 Å². The minimum absolute atomic E-state index is 0.105. The molecule has 4 nitrogen and oxygen atoms in total. The molecule has 0 atom stereocenters. The zero-order valence-corrected chi connectivity index (χ0v) is 14.4. The van der Waals surface area contributed by atoms with Gasteiger partial charge in [0.25, 0.3) is 5.91 Å². The summed E-state index contributed by atoms with van der Waals surface area (Å²) >= 11 is 11.9. The molecule has 6 heteroatoms. The number of amides is 1. The van der Waals surface area contributed by atoms with Crippen molar-refractivity contribution in [3.05, 3.63) is 40.2 Å². The predicted octanol–water partition coefficient (Wildman–Crippen LogP) is 5.05. The molecule has 0 N–H and O–H groups in total. The van der Waals surface area contributed by atoms with Gasteiger partial charge in [-0.05, 0) is 31.0 Å². The third kappa shape index (κ3) is 3.54. The molecule has 1 saturated carbocycles. The highest BCUT2D eigenvalue weighted by atomic mass is 35.5. The van der Waals surface area contributed by atoms with Gasteiger partial charge in [-0.2, -0.15) is 0 Å². The fourth-order valence-corrected chi connectivity index (χ4v) is 3.25. The van der Waals surface area contributed by atoms with Crippen LogP contribution in [0.1, 0.15) is 42.6 Å². The van der Waals surface area contributed by atoms with E-state index in [0.29, 0.717) is 33.2 Å². The molecule has 0 bridgehead atoms. The largest absolute Gasteiger partial charge is 0.444 e. The highest BCUT2D eigenvalue weighted by molar-refractivity contribution is 6.42. The first kappa shape index (κ1) is 16.3. The Morgan fingerprint density at radius 3 is 2.65 bits per heavy atom. The molecule has 0 saturated heterocycles. The van der Waals surface area contributed by atoms with E-state index in [9.17, 15) is 4.79 Å². The molecule has 0 aliphatic heterocycles. The van der Waals surface area contributed by atoms with Crippen LogP contribution in [0, 0.1) is 0 Å². The van der Waals surface area contributed by atoms with E-state index in [0.717, 1.165) is 12.8 Å². The summed E-state index contributed by atoms with van der Waals surface area (Å²) < 4.78 is 5.44. The third-order valence-electron chi connectivity index (χ3n) is 4.33. The Balaban J connectivity index is 1.77. The number of carbonyl (C=O) groups is 1. The molecular formula is C17H18Cl2N2O2. The maximum Gasteiger partial charge on any atom is 0.275 e. The average Bonchev–Trinajstić information content (AvgIpc) is 3.07. The Kier molecular flexibility index (Phi) is 4.93. The lowest BCUT2D eigenvalue weighted by atomic mass is 9.94. The number of oxazole rings is 1. The van der Waals surface area contributed by atoms with E-state index in [2.05, 4.69) is 4.98 Å². The zero-order chi connectivity index (χ0) is 16.4. The maximum absolute atomic E-state index is 12.6.